The van der Waals surface area contributed by atoms with Gasteiger partial charge in [0.25, 0.3) is 0 Å². The van der Waals surface area contributed by atoms with Crippen molar-refractivity contribution in [3.05, 3.63) is 44.5 Å². The number of anilines is 1. The number of aromatic hydroxyl groups is 1. The molecule has 2 aromatic rings. The second kappa shape index (κ2) is 7.38. The fourth-order valence-corrected chi connectivity index (χ4v) is 2.27. The van der Waals surface area contributed by atoms with E-state index in [0.29, 0.717) is 11.3 Å². The Bertz CT molecular complexity index is 819. The molecule has 2 rings (SSSR count). The lowest BCUT2D eigenvalue weighted by Gasteiger charge is -2.07. The van der Waals surface area contributed by atoms with E-state index in [1.54, 1.807) is 12.1 Å². The number of halogens is 3. The van der Waals surface area contributed by atoms with E-state index in [9.17, 15) is 5.11 Å². The van der Waals surface area contributed by atoms with Gasteiger partial charge in [0.1, 0.15) is 28.2 Å². The summed E-state index contributed by atoms with van der Waals surface area (Å²) in [5.74, 6) is 0.662. The molecular weight excluding hydrogens is 363 g/mol. The van der Waals surface area contributed by atoms with Crippen LogP contribution in [0.2, 0.25) is 15.2 Å². The number of phenolic OH excluding ortho intramolecular Hbond substituents is 1. The molecule has 0 aliphatic carbocycles. The molecule has 1 aromatic heterocycles. The van der Waals surface area contributed by atoms with Crippen LogP contribution in [0.25, 0.3) is 0 Å². The largest absolute Gasteiger partial charge is 0.507 e. The molecular formula is C14H9Cl3N4O2. The van der Waals surface area contributed by atoms with E-state index in [2.05, 4.69) is 15.5 Å². The first-order chi connectivity index (χ1) is 11.0. The zero-order chi connectivity index (χ0) is 17.0. The molecule has 0 aliphatic rings. The van der Waals surface area contributed by atoms with Crippen molar-refractivity contribution in [3.8, 4) is 17.6 Å². The molecule has 23 heavy (non-hydrogen) atoms. The average molecular weight is 372 g/mol. The highest BCUT2D eigenvalue weighted by Crippen LogP contribution is 2.34. The highest BCUT2D eigenvalue weighted by Gasteiger charge is 2.15. The van der Waals surface area contributed by atoms with Gasteiger partial charge in [-0.25, -0.2) is 4.98 Å². The molecule has 118 valence electrons. The quantitative estimate of drug-likeness (QED) is 0.480. The maximum absolute atomic E-state index is 9.74. The molecule has 0 fully saturated rings. The first-order valence-corrected chi connectivity index (χ1v) is 7.22. The highest BCUT2D eigenvalue weighted by molar-refractivity contribution is 6.45. The molecule has 0 spiro atoms. The molecule has 1 aromatic carbocycles. The van der Waals surface area contributed by atoms with E-state index < -0.39 is 0 Å². The van der Waals surface area contributed by atoms with Crippen LogP contribution in [0.4, 0.5) is 5.82 Å². The van der Waals surface area contributed by atoms with Gasteiger partial charge in [-0.1, -0.05) is 34.8 Å². The van der Waals surface area contributed by atoms with Crippen molar-refractivity contribution in [1.29, 1.82) is 5.26 Å². The van der Waals surface area contributed by atoms with Gasteiger partial charge in [0, 0.05) is 5.56 Å². The van der Waals surface area contributed by atoms with Crippen LogP contribution in [0, 0.1) is 11.3 Å². The van der Waals surface area contributed by atoms with Gasteiger partial charge in [0.2, 0.25) is 0 Å². The van der Waals surface area contributed by atoms with Crippen molar-refractivity contribution in [2.24, 2.45) is 5.10 Å². The number of rotatable bonds is 4. The molecule has 0 unspecified atom stereocenters. The summed E-state index contributed by atoms with van der Waals surface area (Å²) in [5, 5.41) is 22.5. The van der Waals surface area contributed by atoms with Crippen molar-refractivity contribution >= 4 is 46.8 Å². The van der Waals surface area contributed by atoms with E-state index in [4.69, 9.17) is 44.8 Å². The van der Waals surface area contributed by atoms with E-state index >= 15 is 0 Å². The molecule has 2 N–H and O–H groups in total. The van der Waals surface area contributed by atoms with Crippen LogP contribution >= 0.6 is 34.8 Å². The summed E-state index contributed by atoms with van der Waals surface area (Å²) in [7, 11) is 1.51. The van der Waals surface area contributed by atoms with Crippen molar-refractivity contribution in [2.75, 3.05) is 12.5 Å². The lowest BCUT2D eigenvalue weighted by atomic mass is 10.2. The fraction of sp³-hybridized carbons (Fsp3) is 0.0714. The zero-order valence-electron chi connectivity index (χ0n) is 11.6. The number of nitrogens with one attached hydrogen (secondary N) is 1. The Balaban J connectivity index is 2.27. The van der Waals surface area contributed by atoms with E-state index in [1.165, 1.54) is 19.4 Å². The Labute approximate surface area is 146 Å². The zero-order valence-corrected chi connectivity index (χ0v) is 13.9. The second-order valence-electron chi connectivity index (χ2n) is 4.16. The third kappa shape index (κ3) is 3.77. The summed E-state index contributed by atoms with van der Waals surface area (Å²) in [6.07, 6.45) is 1.34. The summed E-state index contributed by atoms with van der Waals surface area (Å²) < 4.78 is 5.06. The first kappa shape index (κ1) is 17.2. The summed E-state index contributed by atoms with van der Waals surface area (Å²) in [6, 6.07) is 6.48. The Morgan fingerprint density at radius 2 is 2.09 bits per heavy atom. The fourth-order valence-electron chi connectivity index (χ4n) is 1.60. The number of methoxy groups -OCH3 is 1. The predicted octanol–water partition coefficient (Wildman–Crippen LogP) is 4.07. The number of nitrogens with zero attached hydrogens (tertiary/aromatic N) is 3. The minimum Gasteiger partial charge on any atom is -0.507 e. The number of benzene rings is 1. The highest BCUT2D eigenvalue weighted by atomic mass is 35.5. The maximum Gasteiger partial charge on any atom is 0.168 e. The van der Waals surface area contributed by atoms with Crippen molar-refractivity contribution in [3.63, 3.8) is 0 Å². The molecule has 0 atom stereocenters. The number of pyridine rings is 1. The summed E-state index contributed by atoms with van der Waals surface area (Å²) >= 11 is 17.8. The average Bonchev–Trinajstić information content (AvgIpc) is 2.54. The molecule has 0 bridgehead atoms. The Hall–Kier alpha value is -2.20. The number of phenols is 1. The summed E-state index contributed by atoms with van der Waals surface area (Å²) in [5.41, 5.74) is 2.96. The van der Waals surface area contributed by atoms with Gasteiger partial charge in [0.05, 0.1) is 18.3 Å². The van der Waals surface area contributed by atoms with Crippen LogP contribution in [0.3, 0.4) is 0 Å². The van der Waals surface area contributed by atoms with Gasteiger partial charge in [-0.3, -0.25) is 5.43 Å². The van der Waals surface area contributed by atoms with Crippen molar-refractivity contribution in [2.45, 2.75) is 0 Å². The molecule has 0 amide bonds. The normalized spacial score (nSPS) is 10.6. The topological polar surface area (TPSA) is 90.5 Å². The van der Waals surface area contributed by atoms with Gasteiger partial charge in [-0.2, -0.15) is 10.4 Å². The second-order valence-corrected chi connectivity index (χ2v) is 5.27. The lowest BCUT2D eigenvalue weighted by Crippen LogP contribution is -1.98. The van der Waals surface area contributed by atoms with Gasteiger partial charge < -0.3 is 9.84 Å². The number of nitriles is 1. The molecule has 0 saturated carbocycles. The lowest BCUT2D eigenvalue weighted by molar-refractivity contribution is 0.412. The van der Waals surface area contributed by atoms with Crippen LogP contribution in [0.15, 0.2) is 23.3 Å². The van der Waals surface area contributed by atoms with Crippen LogP contribution in [0.5, 0.6) is 11.5 Å². The number of hydrogen-bond acceptors (Lipinski definition) is 6. The molecule has 0 aliphatic heterocycles. The monoisotopic (exact) mass is 370 g/mol. The Morgan fingerprint density at radius 3 is 2.74 bits per heavy atom. The Kier molecular flexibility index (Phi) is 5.50. The number of aromatic nitrogens is 1. The predicted molar refractivity (Wildman–Crippen MR) is 89.9 cm³/mol. The van der Waals surface area contributed by atoms with Crippen molar-refractivity contribution < 1.29 is 9.84 Å². The molecule has 9 heteroatoms. The summed E-state index contributed by atoms with van der Waals surface area (Å²) in [4.78, 5) is 3.91. The van der Waals surface area contributed by atoms with Crippen LogP contribution in [0.1, 0.15) is 11.1 Å². The smallest absolute Gasteiger partial charge is 0.168 e. The Morgan fingerprint density at radius 1 is 1.35 bits per heavy atom. The third-order valence-electron chi connectivity index (χ3n) is 2.76. The van der Waals surface area contributed by atoms with Crippen molar-refractivity contribution in [1.82, 2.24) is 4.98 Å². The van der Waals surface area contributed by atoms with Crippen LogP contribution in [-0.2, 0) is 0 Å². The van der Waals surface area contributed by atoms with Gasteiger partial charge in [-0.05, 0) is 18.2 Å². The molecule has 0 saturated heterocycles. The number of hydrogen-bond donors (Lipinski definition) is 2. The standard InChI is InChI=1S/C14H9Cl3N4O2/c1-23-8-2-3-10(22)7(4-8)6-19-21-14-12(16)11(15)9(5-18)13(17)20-14/h2-4,6,22H,1H3,(H,20,21)/b19-6+. The van der Waals surface area contributed by atoms with Gasteiger partial charge in [-0.15, -0.1) is 0 Å². The van der Waals surface area contributed by atoms with Gasteiger partial charge in [0.15, 0.2) is 11.0 Å². The van der Waals surface area contributed by atoms with E-state index in [1.807, 2.05) is 6.07 Å². The van der Waals surface area contributed by atoms with Crippen LogP contribution in [-0.4, -0.2) is 23.4 Å². The minimum absolute atomic E-state index is 0.0135. The van der Waals surface area contributed by atoms with Gasteiger partial charge >= 0.3 is 0 Å². The maximum atomic E-state index is 9.74. The van der Waals surface area contributed by atoms with Crippen LogP contribution < -0.4 is 10.2 Å². The SMILES string of the molecule is COc1ccc(O)c(/C=N/Nc2nc(Cl)c(C#N)c(Cl)c2Cl)c1. The molecule has 6 nitrogen and oxygen atoms in total. The van der Waals surface area contributed by atoms with E-state index in [0.717, 1.165) is 0 Å². The first-order valence-electron chi connectivity index (χ1n) is 6.08. The third-order valence-corrected chi connectivity index (χ3v) is 3.87. The minimum atomic E-state index is -0.0937. The molecule has 1 heterocycles. The molecule has 0 radical (unpaired) electrons. The summed E-state index contributed by atoms with van der Waals surface area (Å²) in [6.45, 7) is 0. The number of ether oxygens (including phenoxy) is 1. The van der Waals surface area contributed by atoms with E-state index in [-0.39, 0.29) is 32.3 Å². The number of hydrazone groups is 1.